The Balaban J connectivity index is 2.83. The second-order valence-corrected chi connectivity index (χ2v) is 4.20. The molecule has 14 heavy (non-hydrogen) atoms. The predicted octanol–water partition coefficient (Wildman–Crippen LogP) is 0.875. The third kappa shape index (κ3) is 1.21. The zero-order chi connectivity index (χ0) is 10.3. The molecule has 2 aromatic rings. The monoisotopic (exact) mass is 192 g/mol. The van der Waals surface area contributed by atoms with E-state index in [1.807, 2.05) is 20.8 Å². The summed E-state index contributed by atoms with van der Waals surface area (Å²) in [5.74, 6) is 0. The molecule has 0 aliphatic rings. The maximum absolute atomic E-state index is 11.4. The molecule has 0 aromatic carbocycles. The molecule has 0 spiro atoms. The lowest BCUT2D eigenvalue weighted by Crippen LogP contribution is -2.23. The summed E-state index contributed by atoms with van der Waals surface area (Å²) in [4.78, 5) is 18.0. The van der Waals surface area contributed by atoms with Crippen LogP contribution in [-0.2, 0) is 5.54 Å². The SMILES string of the molecule is CC(C)(C)n1ncc2c(=O)[nH]cnc21. The van der Waals surface area contributed by atoms with E-state index in [1.165, 1.54) is 6.33 Å². The van der Waals surface area contributed by atoms with Crippen LogP contribution in [0.5, 0.6) is 0 Å². The van der Waals surface area contributed by atoms with Gasteiger partial charge in [-0.3, -0.25) is 4.79 Å². The fourth-order valence-electron chi connectivity index (χ4n) is 1.35. The van der Waals surface area contributed by atoms with Crippen molar-refractivity contribution in [3.8, 4) is 0 Å². The van der Waals surface area contributed by atoms with Crippen molar-refractivity contribution in [3.63, 3.8) is 0 Å². The van der Waals surface area contributed by atoms with E-state index in [1.54, 1.807) is 10.9 Å². The molecule has 1 N–H and O–H groups in total. The van der Waals surface area contributed by atoms with Gasteiger partial charge >= 0.3 is 0 Å². The summed E-state index contributed by atoms with van der Waals surface area (Å²) < 4.78 is 1.75. The highest BCUT2D eigenvalue weighted by molar-refractivity contribution is 5.72. The lowest BCUT2D eigenvalue weighted by Gasteiger charge is -2.19. The Morgan fingerprint density at radius 2 is 2.14 bits per heavy atom. The zero-order valence-corrected chi connectivity index (χ0v) is 8.40. The summed E-state index contributed by atoms with van der Waals surface area (Å²) in [5, 5.41) is 4.69. The maximum Gasteiger partial charge on any atom is 0.261 e. The fraction of sp³-hybridized carbons (Fsp3) is 0.444. The van der Waals surface area contributed by atoms with Crippen LogP contribution in [0.1, 0.15) is 20.8 Å². The second kappa shape index (κ2) is 2.67. The Morgan fingerprint density at radius 3 is 2.79 bits per heavy atom. The normalized spacial score (nSPS) is 12.2. The first-order chi connectivity index (χ1) is 6.50. The van der Waals surface area contributed by atoms with Crippen molar-refractivity contribution in [2.75, 3.05) is 0 Å². The van der Waals surface area contributed by atoms with Gasteiger partial charge in [0.15, 0.2) is 5.65 Å². The summed E-state index contributed by atoms with van der Waals surface area (Å²) in [6.45, 7) is 6.05. The number of rotatable bonds is 0. The minimum atomic E-state index is -0.164. The summed E-state index contributed by atoms with van der Waals surface area (Å²) in [5.41, 5.74) is 0.314. The zero-order valence-electron chi connectivity index (χ0n) is 8.40. The molecular weight excluding hydrogens is 180 g/mol. The molecule has 0 bridgehead atoms. The van der Waals surface area contributed by atoms with Crippen LogP contribution in [0, 0.1) is 0 Å². The third-order valence-electron chi connectivity index (χ3n) is 2.01. The van der Waals surface area contributed by atoms with Crippen molar-refractivity contribution >= 4 is 11.0 Å². The quantitative estimate of drug-likeness (QED) is 0.673. The van der Waals surface area contributed by atoms with E-state index in [0.717, 1.165) is 0 Å². The van der Waals surface area contributed by atoms with Crippen LogP contribution in [0.2, 0.25) is 0 Å². The molecular formula is C9H12N4O. The summed E-state index contributed by atoms with van der Waals surface area (Å²) >= 11 is 0. The van der Waals surface area contributed by atoms with Gasteiger partial charge in [-0.1, -0.05) is 0 Å². The predicted molar refractivity (Wildman–Crippen MR) is 53.1 cm³/mol. The van der Waals surface area contributed by atoms with Gasteiger partial charge in [-0.2, -0.15) is 5.10 Å². The summed E-state index contributed by atoms with van der Waals surface area (Å²) in [6.07, 6.45) is 2.95. The fourth-order valence-corrected chi connectivity index (χ4v) is 1.35. The number of fused-ring (bicyclic) bond motifs is 1. The third-order valence-corrected chi connectivity index (χ3v) is 2.01. The van der Waals surface area contributed by atoms with E-state index in [0.29, 0.717) is 11.0 Å². The maximum atomic E-state index is 11.4. The highest BCUT2D eigenvalue weighted by Gasteiger charge is 2.18. The van der Waals surface area contributed by atoms with Crippen LogP contribution in [0.3, 0.4) is 0 Å². The second-order valence-electron chi connectivity index (χ2n) is 4.20. The van der Waals surface area contributed by atoms with Gasteiger partial charge in [-0.05, 0) is 20.8 Å². The molecule has 0 amide bonds. The van der Waals surface area contributed by atoms with Gasteiger partial charge in [0.25, 0.3) is 5.56 Å². The lowest BCUT2D eigenvalue weighted by atomic mass is 10.1. The highest BCUT2D eigenvalue weighted by Crippen LogP contribution is 2.16. The van der Waals surface area contributed by atoms with E-state index in [2.05, 4.69) is 15.1 Å². The lowest BCUT2D eigenvalue weighted by molar-refractivity contribution is 0.366. The van der Waals surface area contributed by atoms with Crippen molar-refractivity contribution in [1.82, 2.24) is 19.7 Å². The van der Waals surface area contributed by atoms with Crippen LogP contribution in [0.25, 0.3) is 11.0 Å². The molecule has 2 heterocycles. The number of aromatic amines is 1. The van der Waals surface area contributed by atoms with E-state index in [-0.39, 0.29) is 11.1 Å². The van der Waals surface area contributed by atoms with Gasteiger partial charge in [-0.25, -0.2) is 9.67 Å². The number of hydrogen-bond acceptors (Lipinski definition) is 3. The van der Waals surface area contributed by atoms with Crippen molar-refractivity contribution in [2.45, 2.75) is 26.3 Å². The molecule has 74 valence electrons. The molecule has 0 saturated heterocycles. The number of aromatic nitrogens is 4. The number of H-pyrrole nitrogens is 1. The number of nitrogens with zero attached hydrogens (tertiary/aromatic N) is 3. The van der Waals surface area contributed by atoms with Crippen molar-refractivity contribution < 1.29 is 0 Å². The Kier molecular flexibility index (Phi) is 1.70. The van der Waals surface area contributed by atoms with Gasteiger partial charge in [0, 0.05) is 0 Å². The molecule has 0 saturated carbocycles. The minimum absolute atomic E-state index is 0.148. The first-order valence-electron chi connectivity index (χ1n) is 4.42. The standard InChI is InChI=1S/C9H12N4O/c1-9(2,3)13-7-6(4-12-13)8(14)11-5-10-7/h4-5H,1-3H3,(H,10,11,14). The minimum Gasteiger partial charge on any atom is -0.312 e. The van der Waals surface area contributed by atoms with Crippen molar-refractivity contribution in [3.05, 3.63) is 22.9 Å². The van der Waals surface area contributed by atoms with Gasteiger partial charge in [0.1, 0.15) is 5.39 Å². The molecule has 0 atom stereocenters. The molecule has 0 radical (unpaired) electrons. The topological polar surface area (TPSA) is 63.6 Å². The van der Waals surface area contributed by atoms with Crippen LogP contribution in [0.4, 0.5) is 0 Å². The van der Waals surface area contributed by atoms with Gasteiger partial charge in [0.05, 0.1) is 18.1 Å². The number of nitrogens with one attached hydrogen (secondary N) is 1. The van der Waals surface area contributed by atoms with Gasteiger partial charge < -0.3 is 4.98 Å². The van der Waals surface area contributed by atoms with Crippen molar-refractivity contribution in [2.24, 2.45) is 0 Å². The van der Waals surface area contributed by atoms with E-state index in [4.69, 9.17) is 0 Å². The van der Waals surface area contributed by atoms with Crippen molar-refractivity contribution in [1.29, 1.82) is 0 Å². The average molecular weight is 192 g/mol. The Morgan fingerprint density at radius 1 is 1.43 bits per heavy atom. The summed E-state index contributed by atoms with van der Waals surface area (Å²) in [7, 11) is 0. The van der Waals surface area contributed by atoms with Crippen LogP contribution in [0.15, 0.2) is 17.3 Å². The smallest absolute Gasteiger partial charge is 0.261 e. The number of hydrogen-bond donors (Lipinski definition) is 1. The van der Waals surface area contributed by atoms with Gasteiger partial charge in [-0.15, -0.1) is 0 Å². The molecule has 5 heteroatoms. The molecule has 0 aliphatic heterocycles. The Bertz CT molecular complexity index is 517. The first-order valence-corrected chi connectivity index (χ1v) is 4.42. The highest BCUT2D eigenvalue weighted by atomic mass is 16.1. The Labute approximate surface area is 80.8 Å². The molecule has 0 unspecified atom stereocenters. The Hall–Kier alpha value is -1.65. The molecule has 2 aromatic heterocycles. The largest absolute Gasteiger partial charge is 0.312 e. The van der Waals surface area contributed by atoms with E-state index >= 15 is 0 Å². The first kappa shape index (κ1) is 8.93. The van der Waals surface area contributed by atoms with Crippen LogP contribution < -0.4 is 5.56 Å². The summed E-state index contributed by atoms with van der Waals surface area (Å²) in [6, 6.07) is 0. The molecule has 5 nitrogen and oxygen atoms in total. The van der Waals surface area contributed by atoms with Crippen LogP contribution >= 0.6 is 0 Å². The van der Waals surface area contributed by atoms with E-state index < -0.39 is 0 Å². The molecule has 0 fully saturated rings. The molecule has 2 rings (SSSR count). The van der Waals surface area contributed by atoms with Gasteiger partial charge in [0.2, 0.25) is 0 Å². The van der Waals surface area contributed by atoms with Crippen LogP contribution in [-0.4, -0.2) is 19.7 Å². The molecule has 0 aliphatic carbocycles. The average Bonchev–Trinajstić information content (AvgIpc) is 2.47. The van der Waals surface area contributed by atoms with E-state index in [9.17, 15) is 4.79 Å².